The third-order valence-electron chi connectivity index (χ3n) is 7.20. The van der Waals surface area contributed by atoms with Crippen molar-refractivity contribution in [3.05, 3.63) is 112 Å². The zero-order valence-electron chi connectivity index (χ0n) is 28.9. The average Bonchev–Trinajstić information content (AvgIpc) is 3.06. The normalized spacial score (nSPS) is 11.0. The van der Waals surface area contributed by atoms with Crippen LogP contribution in [-0.4, -0.2) is 57.2 Å². The van der Waals surface area contributed by atoms with Gasteiger partial charge < -0.3 is 20.3 Å². The maximum absolute atomic E-state index is 15.1. The zero-order valence-corrected chi connectivity index (χ0v) is 28.9. The van der Waals surface area contributed by atoms with Crippen molar-refractivity contribution in [2.75, 3.05) is 30.8 Å². The Morgan fingerprint density at radius 3 is 2.22 bits per heavy atom. The highest BCUT2D eigenvalue weighted by atomic mass is 19.1. The second-order valence-corrected chi connectivity index (χ2v) is 12.0. The summed E-state index contributed by atoms with van der Waals surface area (Å²) in [6, 6.07) is 16.1. The van der Waals surface area contributed by atoms with Gasteiger partial charge in [0.1, 0.15) is 28.7 Å². The Hall–Kier alpha value is -5.72. The number of fused-ring (bicyclic) bond motifs is 1. The van der Waals surface area contributed by atoms with Crippen LogP contribution >= 0.6 is 0 Å². The maximum atomic E-state index is 15.1. The van der Waals surface area contributed by atoms with Crippen LogP contribution in [0.15, 0.2) is 77.6 Å². The molecule has 13 heteroatoms. The van der Waals surface area contributed by atoms with Gasteiger partial charge in [0.2, 0.25) is 5.95 Å². The summed E-state index contributed by atoms with van der Waals surface area (Å²) in [5.74, 6) is -2.89. The minimum atomic E-state index is -0.978. The molecule has 2 heterocycles. The molecule has 0 radical (unpaired) electrons. The van der Waals surface area contributed by atoms with Crippen molar-refractivity contribution in [3.8, 4) is 16.9 Å². The predicted octanol–water partition coefficient (Wildman–Crippen LogP) is 7.73. The summed E-state index contributed by atoms with van der Waals surface area (Å²) in [5, 5.41) is 6.03. The molecule has 0 aliphatic heterocycles. The number of carbonyl (C=O) groups is 2. The number of hydrogen-bond donors (Lipinski definition) is 2. The van der Waals surface area contributed by atoms with Gasteiger partial charge in [0.15, 0.2) is 5.65 Å². The number of aryl methyl sites for hydroxylation is 1. The van der Waals surface area contributed by atoms with Gasteiger partial charge in [0.05, 0.1) is 5.69 Å². The number of pyridine rings is 1. The fraction of sp³-hybridized carbons (Fsp3) is 0.270. The van der Waals surface area contributed by atoms with Crippen LogP contribution in [0.3, 0.4) is 0 Å². The number of halogens is 3. The first-order valence-electron chi connectivity index (χ1n) is 16.0. The van der Waals surface area contributed by atoms with E-state index in [0.29, 0.717) is 16.8 Å². The number of benzene rings is 3. The Labute approximate surface area is 287 Å². The first kappa shape index (κ1) is 37.1. The molecule has 0 fully saturated rings. The Morgan fingerprint density at radius 1 is 0.920 bits per heavy atom. The van der Waals surface area contributed by atoms with Gasteiger partial charge in [-0.3, -0.25) is 14.2 Å². The van der Waals surface area contributed by atoms with Gasteiger partial charge in [-0.05, 0) is 87.9 Å². The smallest absolute Gasteiger partial charge is 0.410 e. The van der Waals surface area contributed by atoms with E-state index in [-0.39, 0.29) is 41.3 Å². The van der Waals surface area contributed by atoms with Crippen molar-refractivity contribution in [1.29, 1.82) is 0 Å². The molecule has 0 saturated heterocycles. The molecule has 0 saturated carbocycles. The summed E-state index contributed by atoms with van der Waals surface area (Å²) in [6.45, 7) is 11.4. The fourth-order valence-corrected chi connectivity index (χ4v) is 4.84. The molecule has 262 valence electrons. The summed E-state index contributed by atoms with van der Waals surface area (Å²) in [7, 11) is 1.56. The van der Waals surface area contributed by atoms with E-state index in [1.807, 2.05) is 13.8 Å². The van der Waals surface area contributed by atoms with E-state index in [9.17, 15) is 18.8 Å². The lowest BCUT2D eigenvalue weighted by atomic mass is 9.99. The molecule has 2 amide bonds. The number of carbonyl (C=O) groups excluding carboxylic acids is 2. The second-order valence-electron chi connectivity index (χ2n) is 12.0. The highest BCUT2D eigenvalue weighted by Gasteiger charge is 2.22. The predicted molar refractivity (Wildman–Crippen MR) is 188 cm³/mol. The number of nitrogens with zero attached hydrogens (tertiary/aromatic N) is 4. The van der Waals surface area contributed by atoms with Crippen LogP contribution in [-0.2, 0) is 4.74 Å². The first-order chi connectivity index (χ1) is 23.7. The van der Waals surface area contributed by atoms with Crippen molar-refractivity contribution in [1.82, 2.24) is 19.4 Å². The summed E-state index contributed by atoms with van der Waals surface area (Å²) in [4.78, 5) is 49.4. The minimum absolute atomic E-state index is 0.00764. The Bertz CT molecular complexity index is 2060. The molecule has 5 aromatic rings. The SMILES string of the molecule is CC.Cc1ccc(C(=O)Nc2ccc(F)cc2)cc1-c1nc(NCCN(C)C(=O)OC(C)(C)C)nc2c1ccc(=O)n2-c1c(F)cccc1F. The monoisotopic (exact) mass is 688 g/mol. The second kappa shape index (κ2) is 15.7. The lowest BCUT2D eigenvalue weighted by Crippen LogP contribution is -2.36. The third-order valence-corrected chi connectivity index (χ3v) is 7.20. The van der Waals surface area contributed by atoms with Gasteiger partial charge in [-0.1, -0.05) is 26.0 Å². The van der Waals surface area contributed by atoms with Crippen LogP contribution in [0.2, 0.25) is 0 Å². The van der Waals surface area contributed by atoms with Crippen LogP contribution in [0.4, 0.5) is 29.6 Å². The molecule has 5 rings (SSSR count). The van der Waals surface area contributed by atoms with Crippen molar-refractivity contribution in [2.45, 2.75) is 47.1 Å². The topological polar surface area (TPSA) is 118 Å². The molecule has 0 bridgehead atoms. The van der Waals surface area contributed by atoms with Gasteiger partial charge >= 0.3 is 6.09 Å². The van der Waals surface area contributed by atoms with Crippen LogP contribution in [0.1, 0.15) is 50.5 Å². The lowest BCUT2D eigenvalue weighted by Gasteiger charge is -2.24. The summed E-state index contributed by atoms with van der Waals surface area (Å²) in [6.07, 6.45) is -0.542. The number of anilines is 2. The standard InChI is InChI=1S/C35H33F3N6O4.C2H6/c1-20-9-10-21(32(46)40-23-13-11-22(36)12-14-23)19-25(20)29-24-15-16-28(45)44(30-26(37)7-6-8-27(30)38)31(24)42-33(41-29)39-17-18-43(5)34(47)48-35(2,3)4;1-2/h6-16,19H,17-18H2,1-5H3,(H,40,46)(H,39,41,42);1-2H3. The van der Waals surface area contributed by atoms with E-state index in [0.717, 1.165) is 22.8 Å². The van der Waals surface area contributed by atoms with Crippen molar-refractivity contribution in [2.24, 2.45) is 0 Å². The van der Waals surface area contributed by atoms with Gasteiger partial charge in [-0.2, -0.15) is 4.98 Å². The highest BCUT2D eigenvalue weighted by molar-refractivity contribution is 6.05. The largest absolute Gasteiger partial charge is 0.444 e. The molecule has 2 N–H and O–H groups in total. The van der Waals surface area contributed by atoms with E-state index in [2.05, 4.69) is 15.6 Å². The molecular weight excluding hydrogens is 649 g/mol. The molecule has 0 aliphatic carbocycles. The molecule has 2 aromatic heterocycles. The van der Waals surface area contributed by atoms with Crippen molar-refractivity contribution < 1.29 is 27.5 Å². The highest BCUT2D eigenvalue weighted by Crippen LogP contribution is 2.32. The van der Waals surface area contributed by atoms with E-state index < -0.39 is 46.3 Å². The van der Waals surface area contributed by atoms with Crippen LogP contribution in [0, 0.1) is 24.4 Å². The van der Waals surface area contributed by atoms with Crippen LogP contribution in [0.25, 0.3) is 28.0 Å². The fourth-order valence-electron chi connectivity index (χ4n) is 4.84. The number of aromatic nitrogens is 3. The molecule has 0 atom stereocenters. The summed E-state index contributed by atoms with van der Waals surface area (Å²) < 4.78 is 49.8. The molecule has 0 spiro atoms. The van der Waals surface area contributed by atoms with E-state index in [4.69, 9.17) is 9.72 Å². The lowest BCUT2D eigenvalue weighted by molar-refractivity contribution is 0.0305. The van der Waals surface area contributed by atoms with Crippen LogP contribution < -0.4 is 16.2 Å². The zero-order chi connectivity index (χ0) is 36.7. The molecule has 10 nitrogen and oxygen atoms in total. The van der Waals surface area contributed by atoms with Crippen molar-refractivity contribution in [3.63, 3.8) is 0 Å². The molecular formula is C37H39F3N6O4. The molecule has 0 unspecified atom stereocenters. The van der Waals surface area contributed by atoms with Gasteiger partial charge in [0.25, 0.3) is 11.5 Å². The van der Waals surface area contributed by atoms with Crippen LogP contribution in [0.5, 0.6) is 0 Å². The molecule has 3 aromatic carbocycles. The first-order valence-corrected chi connectivity index (χ1v) is 16.0. The third kappa shape index (κ3) is 8.65. The summed E-state index contributed by atoms with van der Waals surface area (Å²) in [5.41, 5.74) is -0.0799. The number of nitrogens with one attached hydrogen (secondary N) is 2. The average molecular weight is 689 g/mol. The maximum Gasteiger partial charge on any atom is 0.410 e. The van der Waals surface area contributed by atoms with E-state index in [1.165, 1.54) is 41.3 Å². The van der Waals surface area contributed by atoms with Gasteiger partial charge in [-0.25, -0.2) is 22.9 Å². The number of likely N-dealkylation sites (N-methyl/N-ethyl adjacent to an activating group) is 1. The Morgan fingerprint density at radius 2 is 1.58 bits per heavy atom. The Kier molecular flexibility index (Phi) is 11.6. The molecule has 50 heavy (non-hydrogen) atoms. The number of hydrogen-bond acceptors (Lipinski definition) is 7. The van der Waals surface area contributed by atoms with E-state index >= 15 is 8.78 Å². The van der Waals surface area contributed by atoms with E-state index in [1.54, 1.807) is 52.9 Å². The molecule has 0 aliphatic rings. The minimum Gasteiger partial charge on any atom is -0.444 e. The van der Waals surface area contributed by atoms with Crippen molar-refractivity contribution >= 4 is 34.7 Å². The van der Waals surface area contributed by atoms with Gasteiger partial charge in [-0.15, -0.1) is 0 Å². The number of para-hydroxylation sites is 1. The summed E-state index contributed by atoms with van der Waals surface area (Å²) >= 11 is 0. The van der Waals surface area contributed by atoms with Gasteiger partial charge in [0, 0.05) is 48.4 Å². The Balaban J connectivity index is 0.00000276. The quantitative estimate of drug-likeness (QED) is 0.171. The number of amides is 2. The number of rotatable bonds is 8. The number of ether oxygens (including phenoxy) is 1.